The Labute approximate surface area is 102 Å². The molecule has 0 fully saturated rings. The van der Waals surface area contributed by atoms with Crippen LogP contribution in [0.15, 0.2) is 0 Å². The van der Waals surface area contributed by atoms with Gasteiger partial charge in [0, 0.05) is 13.6 Å². The molecule has 0 spiro atoms. The number of aromatic nitrogens is 2. The number of hydrogen-bond donors (Lipinski definition) is 2. The molecule has 1 aromatic heterocycles. The van der Waals surface area contributed by atoms with Gasteiger partial charge in [-0.05, 0) is 12.3 Å². The number of anilines is 1. The lowest BCUT2D eigenvalue weighted by Gasteiger charge is -2.15. The highest BCUT2D eigenvalue weighted by molar-refractivity contribution is 5.97. The first-order valence-electron chi connectivity index (χ1n) is 6.08. The lowest BCUT2D eigenvalue weighted by molar-refractivity contribution is 0.0788. The van der Waals surface area contributed by atoms with E-state index < -0.39 is 0 Å². The fourth-order valence-electron chi connectivity index (χ4n) is 1.64. The molecule has 17 heavy (non-hydrogen) atoms. The molecule has 0 aliphatic carbocycles. The van der Waals surface area contributed by atoms with E-state index >= 15 is 0 Å². The Bertz CT molecular complexity index is 384. The summed E-state index contributed by atoms with van der Waals surface area (Å²) in [6.45, 7) is 6.86. The zero-order chi connectivity index (χ0) is 13.0. The maximum Gasteiger partial charge on any atom is 0.276 e. The molecule has 0 aliphatic heterocycles. The Morgan fingerprint density at radius 2 is 2.18 bits per heavy atom. The van der Waals surface area contributed by atoms with E-state index in [1.54, 1.807) is 11.9 Å². The van der Waals surface area contributed by atoms with E-state index in [-0.39, 0.29) is 11.8 Å². The van der Waals surface area contributed by atoms with Gasteiger partial charge in [0.25, 0.3) is 5.91 Å². The lowest BCUT2D eigenvalue weighted by Crippen LogP contribution is -2.28. The smallest absolute Gasteiger partial charge is 0.276 e. The summed E-state index contributed by atoms with van der Waals surface area (Å²) in [5, 5.41) is 6.87. The van der Waals surface area contributed by atoms with Gasteiger partial charge in [-0.3, -0.25) is 9.89 Å². The average Bonchev–Trinajstić information content (AvgIpc) is 2.67. The van der Waals surface area contributed by atoms with Gasteiger partial charge in [-0.25, -0.2) is 0 Å². The zero-order valence-corrected chi connectivity index (χ0v) is 11.1. The van der Waals surface area contributed by atoms with Gasteiger partial charge in [0.2, 0.25) is 0 Å². The molecule has 0 radical (unpaired) electrons. The van der Waals surface area contributed by atoms with Crippen LogP contribution in [-0.4, -0.2) is 34.6 Å². The molecule has 1 aromatic rings. The van der Waals surface area contributed by atoms with E-state index in [1.165, 1.54) is 0 Å². The molecule has 0 aliphatic rings. The molecular weight excluding hydrogens is 216 g/mol. The molecule has 5 nitrogen and oxygen atoms in total. The molecule has 3 N–H and O–H groups in total. The van der Waals surface area contributed by atoms with Crippen molar-refractivity contribution in [3.05, 3.63) is 11.4 Å². The molecule has 0 atom stereocenters. The summed E-state index contributed by atoms with van der Waals surface area (Å²) in [4.78, 5) is 13.7. The summed E-state index contributed by atoms with van der Waals surface area (Å²) < 4.78 is 0. The Morgan fingerprint density at radius 3 is 2.65 bits per heavy atom. The number of carbonyl (C=O) groups is 1. The largest absolute Gasteiger partial charge is 0.395 e. The van der Waals surface area contributed by atoms with Crippen molar-refractivity contribution in [3.8, 4) is 0 Å². The topological polar surface area (TPSA) is 75.0 Å². The Morgan fingerprint density at radius 1 is 1.53 bits per heavy atom. The molecule has 0 aromatic carbocycles. The summed E-state index contributed by atoms with van der Waals surface area (Å²) in [7, 11) is 1.78. The molecule has 0 saturated heterocycles. The van der Waals surface area contributed by atoms with Gasteiger partial charge in [0.1, 0.15) is 0 Å². The number of rotatable bonds is 5. The van der Waals surface area contributed by atoms with Crippen LogP contribution < -0.4 is 5.73 Å². The van der Waals surface area contributed by atoms with Crippen molar-refractivity contribution in [2.45, 2.75) is 39.5 Å². The van der Waals surface area contributed by atoms with Crippen molar-refractivity contribution in [1.82, 2.24) is 15.1 Å². The van der Waals surface area contributed by atoms with Crippen LogP contribution in [0.1, 0.15) is 55.7 Å². The Hall–Kier alpha value is -1.52. The molecule has 1 rings (SSSR count). The standard InChI is InChI=1S/C12H22N4O/c1-5-6-7-16(4)12(17)11-9(13)10(8(2)3)14-15-11/h8H,5-7,13H2,1-4H3,(H,14,15). The number of amides is 1. The molecule has 5 heteroatoms. The van der Waals surface area contributed by atoms with Crippen LogP contribution in [0.2, 0.25) is 0 Å². The number of nitrogen functional groups attached to an aromatic ring is 1. The monoisotopic (exact) mass is 238 g/mol. The van der Waals surface area contributed by atoms with Crippen molar-refractivity contribution in [2.75, 3.05) is 19.3 Å². The van der Waals surface area contributed by atoms with Gasteiger partial charge in [0.05, 0.1) is 11.4 Å². The average molecular weight is 238 g/mol. The molecule has 1 heterocycles. The van der Waals surface area contributed by atoms with Crippen molar-refractivity contribution in [3.63, 3.8) is 0 Å². The summed E-state index contributed by atoms with van der Waals surface area (Å²) in [5.41, 5.74) is 7.58. The molecule has 96 valence electrons. The number of unbranched alkanes of at least 4 members (excludes halogenated alkanes) is 1. The summed E-state index contributed by atoms with van der Waals surface area (Å²) in [6.07, 6.45) is 2.05. The molecular formula is C12H22N4O. The van der Waals surface area contributed by atoms with Gasteiger partial charge in [0.15, 0.2) is 5.69 Å². The maximum absolute atomic E-state index is 12.1. The second kappa shape index (κ2) is 5.70. The van der Waals surface area contributed by atoms with Crippen LogP contribution in [0, 0.1) is 0 Å². The predicted molar refractivity (Wildman–Crippen MR) is 69.0 cm³/mol. The fourth-order valence-corrected chi connectivity index (χ4v) is 1.64. The highest BCUT2D eigenvalue weighted by Crippen LogP contribution is 2.22. The van der Waals surface area contributed by atoms with Crippen molar-refractivity contribution < 1.29 is 4.79 Å². The Kier molecular flexibility index (Phi) is 4.54. The predicted octanol–water partition coefficient (Wildman–Crippen LogP) is 1.99. The lowest BCUT2D eigenvalue weighted by atomic mass is 10.1. The quantitative estimate of drug-likeness (QED) is 0.823. The maximum atomic E-state index is 12.1. The van der Waals surface area contributed by atoms with E-state index in [4.69, 9.17) is 5.73 Å². The number of aromatic amines is 1. The molecule has 0 unspecified atom stereocenters. The van der Waals surface area contributed by atoms with E-state index in [0.717, 1.165) is 25.1 Å². The molecule has 0 bridgehead atoms. The first-order chi connectivity index (χ1) is 7.99. The van der Waals surface area contributed by atoms with Crippen molar-refractivity contribution >= 4 is 11.6 Å². The Balaban J connectivity index is 2.82. The first kappa shape index (κ1) is 13.5. The van der Waals surface area contributed by atoms with Gasteiger partial charge in [-0.1, -0.05) is 27.2 Å². The minimum atomic E-state index is -0.112. The van der Waals surface area contributed by atoms with Crippen molar-refractivity contribution in [1.29, 1.82) is 0 Å². The van der Waals surface area contributed by atoms with Gasteiger partial charge >= 0.3 is 0 Å². The molecule has 1 amide bonds. The number of hydrogen-bond acceptors (Lipinski definition) is 3. The highest BCUT2D eigenvalue weighted by atomic mass is 16.2. The number of H-pyrrole nitrogens is 1. The number of carbonyl (C=O) groups excluding carboxylic acids is 1. The SMILES string of the molecule is CCCCN(C)C(=O)c1n[nH]c(C(C)C)c1N. The minimum absolute atomic E-state index is 0.112. The van der Waals surface area contributed by atoms with Gasteiger partial charge in [-0.2, -0.15) is 5.10 Å². The fraction of sp³-hybridized carbons (Fsp3) is 0.667. The third kappa shape index (κ3) is 2.99. The normalized spacial score (nSPS) is 10.9. The van der Waals surface area contributed by atoms with Gasteiger partial charge < -0.3 is 10.6 Å². The second-order valence-corrected chi connectivity index (χ2v) is 4.63. The van der Waals surface area contributed by atoms with Crippen LogP contribution in [-0.2, 0) is 0 Å². The van der Waals surface area contributed by atoms with E-state index in [9.17, 15) is 4.79 Å². The summed E-state index contributed by atoms with van der Waals surface area (Å²) in [6, 6.07) is 0. The second-order valence-electron chi connectivity index (χ2n) is 4.63. The molecule has 0 saturated carbocycles. The minimum Gasteiger partial charge on any atom is -0.395 e. The van der Waals surface area contributed by atoms with Crippen LogP contribution in [0.25, 0.3) is 0 Å². The summed E-state index contributed by atoms with van der Waals surface area (Å²) >= 11 is 0. The van der Waals surface area contributed by atoms with Gasteiger partial charge in [-0.15, -0.1) is 0 Å². The highest BCUT2D eigenvalue weighted by Gasteiger charge is 2.21. The van der Waals surface area contributed by atoms with E-state index in [2.05, 4.69) is 17.1 Å². The van der Waals surface area contributed by atoms with Crippen LogP contribution in [0.5, 0.6) is 0 Å². The zero-order valence-electron chi connectivity index (χ0n) is 11.1. The van der Waals surface area contributed by atoms with E-state index in [1.807, 2.05) is 13.8 Å². The third-order valence-corrected chi connectivity index (χ3v) is 2.81. The van der Waals surface area contributed by atoms with Crippen LogP contribution >= 0.6 is 0 Å². The number of nitrogens with zero attached hydrogens (tertiary/aromatic N) is 2. The van der Waals surface area contributed by atoms with Crippen molar-refractivity contribution in [2.24, 2.45) is 0 Å². The first-order valence-corrected chi connectivity index (χ1v) is 6.08. The third-order valence-electron chi connectivity index (χ3n) is 2.81. The number of nitrogens with two attached hydrogens (primary N) is 1. The van der Waals surface area contributed by atoms with Crippen LogP contribution in [0.3, 0.4) is 0 Å². The van der Waals surface area contributed by atoms with E-state index in [0.29, 0.717) is 11.4 Å². The summed E-state index contributed by atoms with van der Waals surface area (Å²) in [5.74, 6) is 0.129. The van der Waals surface area contributed by atoms with Crippen LogP contribution in [0.4, 0.5) is 5.69 Å². The number of nitrogens with one attached hydrogen (secondary N) is 1.